The van der Waals surface area contributed by atoms with Crippen molar-refractivity contribution in [3.63, 3.8) is 0 Å². The average Bonchev–Trinajstić information content (AvgIpc) is 2.82. The van der Waals surface area contributed by atoms with Gasteiger partial charge in [0.2, 0.25) is 5.91 Å². The highest BCUT2D eigenvalue weighted by Gasteiger charge is 2.41. The summed E-state index contributed by atoms with van der Waals surface area (Å²) in [5, 5.41) is 3.43. The van der Waals surface area contributed by atoms with E-state index in [1.807, 2.05) is 29.2 Å². The van der Waals surface area contributed by atoms with Crippen LogP contribution in [0, 0.1) is 5.92 Å². The Hall–Kier alpha value is -1.59. The summed E-state index contributed by atoms with van der Waals surface area (Å²) >= 11 is 0. The number of rotatable bonds is 6. The Morgan fingerprint density at radius 1 is 1.29 bits per heavy atom. The van der Waals surface area contributed by atoms with E-state index in [0.717, 1.165) is 11.3 Å². The Morgan fingerprint density at radius 2 is 2.00 bits per heavy atom. The number of carbonyl (C=O) groups excluding carboxylic acids is 1. The number of methoxy groups -OCH3 is 2. The van der Waals surface area contributed by atoms with Crippen molar-refractivity contribution in [3.05, 3.63) is 29.8 Å². The summed E-state index contributed by atoms with van der Waals surface area (Å²) in [5.74, 6) is 1.15. The number of benzene rings is 1. The third-order valence-electron chi connectivity index (χ3n) is 3.83. The Bertz CT molecular complexity index is 490. The quantitative estimate of drug-likeness (QED) is 0.868. The second kappa shape index (κ2) is 6.91. The number of hydrogen-bond acceptors (Lipinski definition) is 4. The largest absolute Gasteiger partial charge is 0.496 e. The highest BCUT2D eigenvalue weighted by Crippen LogP contribution is 2.33. The lowest BCUT2D eigenvalue weighted by Crippen LogP contribution is -2.35. The van der Waals surface area contributed by atoms with Crippen molar-refractivity contribution in [3.8, 4) is 5.75 Å². The summed E-state index contributed by atoms with van der Waals surface area (Å²) in [6.45, 7) is 5.18. The Labute approximate surface area is 126 Å². The van der Waals surface area contributed by atoms with E-state index < -0.39 is 0 Å². The monoisotopic (exact) mass is 292 g/mol. The van der Waals surface area contributed by atoms with Gasteiger partial charge >= 0.3 is 0 Å². The number of hydrogen-bond donors (Lipinski definition) is 1. The molecule has 1 fully saturated rings. The van der Waals surface area contributed by atoms with E-state index in [1.165, 1.54) is 0 Å². The van der Waals surface area contributed by atoms with Gasteiger partial charge in [-0.05, 0) is 12.0 Å². The van der Waals surface area contributed by atoms with Gasteiger partial charge < -0.3 is 14.4 Å². The molecule has 1 N–H and O–H groups in total. The zero-order valence-corrected chi connectivity index (χ0v) is 13.1. The fourth-order valence-electron chi connectivity index (χ4n) is 2.69. The van der Waals surface area contributed by atoms with Crippen molar-refractivity contribution in [2.24, 2.45) is 5.92 Å². The first-order chi connectivity index (χ1) is 10.1. The molecule has 0 bridgehead atoms. The standard InChI is InChI=1S/C16H24N2O3/c1-11(2)14-16(19)18(9-10-20-3)15(17-14)12-7-5-6-8-13(12)21-4/h5-8,11,14-15,17H,9-10H2,1-4H3. The molecule has 116 valence electrons. The molecular weight excluding hydrogens is 268 g/mol. The van der Waals surface area contributed by atoms with Gasteiger partial charge in [0.15, 0.2) is 0 Å². The first kappa shape index (κ1) is 15.8. The van der Waals surface area contributed by atoms with Gasteiger partial charge in [-0.25, -0.2) is 0 Å². The molecule has 1 saturated heterocycles. The molecule has 0 spiro atoms. The van der Waals surface area contributed by atoms with Gasteiger partial charge in [0.05, 0.1) is 19.8 Å². The van der Waals surface area contributed by atoms with Gasteiger partial charge in [-0.2, -0.15) is 0 Å². The van der Waals surface area contributed by atoms with Gasteiger partial charge in [-0.15, -0.1) is 0 Å². The molecule has 0 aromatic heterocycles. The molecule has 1 aliphatic heterocycles. The molecule has 1 heterocycles. The topological polar surface area (TPSA) is 50.8 Å². The molecule has 0 radical (unpaired) electrons. The van der Waals surface area contributed by atoms with Crippen molar-refractivity contribution < 1.29 is 14.3 Å². The Morgan fingerprint density at radius 3 is 2.62 bits per heavy atom. The SMILES string of the molecule is COCCN1C(=O)C(C(C)C)NC1c1ccccc1OC. The molecular formula is C16H24N2O3. The van der Waals surface area contributed by atoms with E-state index in [0.29, 0.717) is 13.2 Å². The zero-order chi connectivity index (χ0) is 15.4. The number of nitrogens with one attached hydrogen (secondary N) is 1. The van der Waals surface area contributed by atoms with Gasteiger partial charge in [-0.3, -0.25) is 10.1 Å². The van der Waals surface area contributed by atoms with Crippen LogP contribution in [0.25, 0.3) is 0 Å². The molecule has 2 rings (SSSR count). The summed E-state index contributed by atoms with van der Waals surface area (Å²) in [4.78, 5) is 14.4. The van der Waals surface area contributed by atoms with Crippen LogP contribution in [0.4, 0.5) is 0 Å². The van der Waals surface area contributed by atoms with E-state index in [2.05, 4.69) is 19.2 Å². The fourth-order valence-corrected chi connectivity index (χ4v) is 2.69. The molecule has 1 amide bonds. The van der Waals surface area contributed by atoms with Crippen LogP contribution >= 0.6 is 0 Å². The first-order valence-corrected chi connectivity index (χ1v) is 7.28. The van der Waals surface area contributed by atoms with Crippen LogP contribution in [0.1, 0.15) is 25.6 Å². The summed E-state index contributed by atoms with van der Waals surface area (Å²) in [6.07, 6.45) is -0.170. The number of ether oxygens (including phenoxy) is 2. The molecule has 5 heteroatoms. The third kappa shape index (κ3) is 3.19. The molecule has 5 nitrogen and oxygen atoms in total. The lowest BCUT2D eigenvalue weighted by molar-refractivity contribution is -0.131. The van der Waals surface area contributed by atoms with Crippen molar-refractivity contribution in [1.82, 2.24) is 10.2 Å². The molecule has 2 unspecified atom stereocenters. The van der Waals surface area contributed by atoms with Crippen molar-refractivity contribution in [2.45, 2.75) is 26.1 Å². The minimum absolute atomic E-state index is 0.123. The molecule has 21 heavy (non-hydrogen) atoms. The van der Waals surface area contributed by atoms with E-state index in [9.17, 15) is 4.79 Å². The predicted molar refractivity (Wildman–Crippen MR) is 81.1 cm³/mol. The van der Waals surface area contributed by atoms with Crippen LogP contribution in [0.2, 0.25) is 0 Å². The number of carbonyl (C=O) groups is 1. The van der Waals surface area contributed by atoms with E-state index >= 15 is 0 Å². The maximum absolute atomic E-state index is 12.6. The summed E-state index contributed by atoms with van der Waals surface area (Å²) < 4.78 is 10.6. The van der Waals surface area contributed by atoms with Crippen molar-refractivity contribution in [2.75, 3.05) is 27.4 Å². The second-order valence-corrected chi connectivity index (χ2v) is 5.56. The third-order valence-corrected chi connectivity index (χ3v) is 3.83. The number of nitrogens with zero attached hydrogens (tertiary/aromatic N) is 1. The van der Waals surface area contributed by atoms with Crippen LogP contribution in [0.5, 0.6) is 5.75 Å². The van der Waals surface area contributed by atoms with Crippen LogP contribution in [-0.4, -0.2) is 44.2 Å². The fraction of sp³-hybridized carbons (Fsp3) is 0.562. The highest BCUT2D eigenvalue weighted by molar-refractivity contribution is 5.85. The number of para-hydroxylation sites is 1. The zero-order valence-electron chi connectivity index (χ0n) is 13.1. The van der Waals surface area contributed by atoms with Crippen molar-refractivity contribution >= 4 is 5.91 Å². The smallest absolute Gasteiger partial charge is 0.241 e. The maximum Gasteiger partial charge on any atom is 0.241 e. The lowest BCUT2D eigenvalue weighted by atomic mass is 10.1. The summed E-state index contributed by atoms with van der Waals surface area (Å²) in [6, 6.07) is 7.63. The molecule has 0 aliphatic carbocycles. The van der Waals surface area contributed by atoms with Crippen LogP contribution in [0.3, 0.4) is 0 Å². The maximum atomic E-state index is 12.6. The highest BCUT2D eigenvalue weighted by atomic mass is 16.5. The normalized spacial score (nSPS) is 22.1. The Balaban J connectivity index is 2.32. The van der Waals surface area contributed by atoms with Gasteiger partial charge in [0, 0.05) is 19.2 Å². The van der Waals surface area contributed by atoms with Gasteiger partial charge in [0.25, 0.3) is 0 Å². The van der Waals surface area contributed by atoms with E-state index in [4.69, 9.17) is 9.47 Å². The average molecular weight is 292 g/mol. The molecule has 0 saturated carbocycles. The van der Waals surface area contributed by atoms with E-state index in [-0.39, 0.29) is 24.0 Å². The van der Waals surface area contributed by atoms with E-state index in [1.54, 1.807) is 14.2 Å². The molecule has 1 aliphatic rings. The number of amides is 1. The summed E-state index contributed by atoms with van der Waals surface area (Å²) in [7, 11) is 3.29. The minimum Gasteiger partial charge on any atom is -0.496 e. The first-order valence-electron chi connectivity index (χ1n) is 7.28. The summed E-state index contributed by atoms with van der Waals surface area (Å²) in [5.41, 5.74) is 0.979. The van der Waals surface area contributed by atoms with Crippen molar-refractivity contribution in [1.29, 1.82) is 0 Å². The van der Waals surface area contributed by atoms with Gasteiger partial charge in [-0.1, -0.05) is 32.0 Å². The second-order valence-electron chi connectivity index (χ2n) is 5.56. The lowest BCUT2D eigenvalue weighted by Gasteiger charge is -2.25. The van der Waals surface area contributed by atoms with Gasteiger partial charge in [0.1, 0.15) is 11.9 Å². The molecule has 1 aromatic carbocycles. The van der Waals surface area contributed by atoms with Crippen LogP contribution in [0.15, 0.2) is 24.3 Å². The minimum atomic E-state index is -0.170. The molecule has 2 atom stereocenters. The van der Waals surface area contributed by atoms with Crippen LogP contribution in [-0.2, 0) is 9.53 Å². The molecule has 1 aromatic rings. The Kier molecular flexibility index (Phi) is 5.20. The van der Waals surface area contributed by atoms with Crippen LogP contribution < -0.4 is 10.1 Å². The predicted octanol–water partition coefficient (Wildman–Crippen LogP) is 1.80.